The summed E-state index contributed by atoms with van der Waals surface area (Å²) in [6, 6.07) is 0. The molecule has 0 aromatic heterocycles. The molecule has 0 aromatic rings. The standard InChI is InChI=1S/C17H35N5O.HI/c1-6-18-17(19-12-15-10-9-11-20(4)13-15)21(5)14-16(23)22(7-2)8-3;/h15H,6-14H2,1-5H3,(H,18,19);1H. The lowest BCUT2D eigenvalue weighted by atomic mass is 9.99. The lowest BCUT2D eigenvalue weighted by molar-refractivity contribution is -0.131. The number of likely N-dealkylation sites (N-methyl/N-ethyl adjacent to an activating group) is 2. The van der Waals surface area contributed by atoms with Crippen molar-refractivity contribution in [2.24, 2.45) is 10.9 Å². The summed E-state index contributed by atoms with van der Waals surface area (Å²) in [6.45, 7) is 11.9. The smallest absolute Gasteiger partial charge is 0.242 e. The van der Waals surface area contributed by atoms with Crippen LogP contribution < -0.4 is 5.32 Å². The van der Waals surface area contributed by atoms with Crippen molar-refractivity contribution in [1.82, 2.24) is 20.0 Å². The first-order chi connectivity index (χ1) is 11.0. The van der Waals surface area contributed by atoms with Crippen LogP contribution in [0.1, 0.15) is 33.6 Å². The monoisotopic (exact) mass is 453 g/mol. The van der Waals surface area contributed by atoms with Gasteiger partial charge >= 0.3 is 0 Å². The van der Waals surface area contributed by atoms with Crippen LogP contribution in [0.2, 0.25) is 0 Å². The maximum absolute atomic E-state index is 12.3. The van der Waals surface area contributed by atoms with Gasteiger partial charge in [-0.2, -0.15) is 0 Å². The predicted octanol–water partition coefficient (Wildman–Crippen LogP) is 1.71. The molecule has 0 saturated carbocycles. The van der Waals surface area contributed by atoms with Gasteiger partial charge in [-0.15, -0.1) is 24.0 Å². The molecule has 1 unspecified atom stereocenters. The second-order valence-electron chi connectivity index (χ2n) is 6.39. The van der Waals surface area contributed by atoms with E-state index in [-0.39, 0.29) is 29.9 Å². The van der Waals surface area contributed by atoms with Crippen LogP contribution in [0, 0.1) is 5.92 Å². The molecule has 1 amide bonds. The highest BCUT2D eigenvalue weighted by Crippen LogP contribution is 2.15. The molecular weight excluding hydrogens is 417 g/mol. The summed E-state index contributed by atoms with van der Waals surface area (Å²) >= 11 is 0. The number of aliphatic imine (C=N–C) groups is 1. The summed E-state index contributed by atoms with van der Waals surface area (Å²) in [5, 5.41) is 3.31. The molecule has 1 rings (SSSR count). The minimum atomic E-state index is 0. The van der Waals surface area contributed by atoms with Crippen LogP contribution >= 0.6 is 24.0 Å². The van der Waals surface area contributed by atoms with Crippen LogP contribution in [0.25, 0.3) is 0 Å². The van der Waals surface area contributed by atoms with Crippen molar-refractivity contribution in [3.63, 3.8) is 0 Å². The van der Waals surface area contributed by atoms with Gasteiger partial charge in [-0.3, -0.25) is 9.79 Å². The molecule has 142 valence electrons. The number of nitrogens with zero attached hydrogens (tertiary/aromatic N) is 4. The van der Waals surface area contributed by atoms with Gasteiger partial charge < -0.3 is 20.0 Å². The fourth-order valence-electron chi connectivity index (χ4n) is 3.06. The molecule has 7 heteroatoms. The number of halogens is 1. The molecule has 0 aliphatic carbocycles. The van der Waals surface area contributed by atoms with Gasteiger partial charge in [-0.25, -0.2) is 0 Å². The molecule has 0 radical (unpaired) electrons. The Hall–Kier alpha value is -0.570. The summed E-state index contributed by atoms with van der Waals surface area (Å²) in [5.41, 5.74) is 0. The highest BCUT2D eigenvalue weighted by molar-refractivity contribution is 14.0. The lowest BCUT2D eigenvalue weighted by Gasteiger charge is -2.29. The van der Waals surface area contributed by atoms with E-state index in [4.69, 9.17) is 4.99 Å². The van der Waals surface area contributed by atoms with E-state index in [1.807, 2.05) is 30.7 Å². The van der Waals surface area contributed by atoms with E-state index in [0.29, 0.717) is 12.5 Å². The van der Waals surface area contributed by atoms with Gasteiger partial charge in [0.15, 0.2) is 5.96 Å². The van der Waals surface area contributed by atoms with E-state index < -0.39 is 0 Å². The SMILES string of the molecule is CCNC(=NCC1CCCN(C)C1)N(C)CC(=O)N(CC)CC.I. The van der Waals surface area contributed by atoms with E-state index in [9.17, 15) is 4.79 Å². The second-order valence-corrected chi connectivity index (χ2v) is 6.39. The number of carbonyl (C=O) groups is 1. The number of nitrogens with one attached hydrogen (secondary N) is 1. The first kappa shape index (κ1) is 23.4. The highest BCUT2D eigenvalue weighted by Gasteiger charge is 2.18. The maximum atomic E-state index is 12.3. The van der Waals surface area contributed by atoms with Crippen LogP contribution in [0.3, 0.4) is 0 Å². The average molecular weight is 453 g/mol. The van der Waals surface area contributed by atoms with Crippen molar-refractivity contribution < 1.29 is 4.79 Å². The third-order valence-electron chi connectivity index (χ3n) is 4.41. The Morgan fingerprint density at radius 1 is 1.29 bits per heavy atom. The summed E-state index contributed by atoms with van der Waals surface area (Å²) in [7, 11) is 4.12. The summed E-state index contributed by atoms with van der Waals surface area (Å²) < 4.78 is 0. The highest BCUT2D eigenvalue weighted by atomic mass is 127. The predicted molar refractivity (Wildman–Crippen MR) is 112 cm³/mol. The molecule has 0 bridgehead atoms. The molecule has 1 aliphatic heterocycles. The van der Waals surface area contributed by atoms with Crippen molar-refractivity contribution in [2.75, 3.05) is 59.9 Å². The van der Waals surface area contributed by atoms with E-state index in [2.05, 4.69) is 24.2 Å². The number of amides is 1. The summed E-state index contributed by atoms with van der Waals surface area (Å²) in [5.74, 6) is 1.61. The zero-order valence-corrected chi connectivity index (χ0v) is 18.4. The molecule has 0 aromatic carbocycles. The number of rotatable bonds is 7. The minimum absolute atomic E-state index is 0. The normalized spacial score (nSPS) is 18.7. The molecular formula is C17H36IN5O. The van der Waals surface area contributed by atoms with Crippen LogP contribution in [0.15, 0.2) is 4.99 Å². The zero-order chi connectivity index (χ0) is 17.2. The van der Waals surface area contributed by atoms with Gasteiger partial charge in [-0.1, -0.05) is 0 Å². The largest absolute Gasteiger partial charge is 0.357 e. The fourth-order valence-corrected chi connectivity index (χ4v) is 3.06. The molecule has 0 spiro atoms. The summed E-state index contributed by atoms with van der Waals surface area (Å²) in [6.07, 6.45) is 2.50. The van der Waals surface area contributed by atoms with Gasteiger partial charge in [0.05, 0.1) is 6.54 Å². The second kappa shape index (κ2) is 12.7. The molecule has 6 nitrogen and oxygen atoms in total. The van der Waals surface area contributed by atoms with E-state index in [1.54, 1.807) is 0 Å². The van der Waals surface area contributed by atoms with Gasteiger partial charge in [-0.05, 0) is 53.1 Å². The Kier molecular flexibility index (Phi) is 12.4. The van der Waals surface area contributed by atoms with Gasteiger partial charge in [0.2, 0.25) is 5.91 Å². The van der Waals surface area contributed by atoms with Crippen LogP contribution in [-0.4, -0.2) is 86.5 Å². The molecule has 1 fully saturated rings. The van der Waals surface area contributed by atoms with Gasteiger partial charge in [0.1, 0.15) is 0 Å². The topological polar surface area (TPSA) is 51.2 Å². The van der Waals surface area contributed by atoms with Crippen molar-refractivity contribution in [2.45, 2.75) is 33.6 Å². The summed E-state index contributed by atoms with van der Waals surface area (Å²) in [4.78, 5) is 23.2. The first-order valence-electron chi connectivity index (χ1n) is 8.97. The van der Waals surface area contributed by atoms with Crippen molar-refractivity contribution in [3.05, 3.63) is 0 Å². The minimum Gasteiger partial charge on any atom is -0.357 e. The van der Waals surface area contributed by atoms with Crippen molar-refractivity contribution in [1.29, 1.82) is 0 Å². The Labute approximate surface area is 165 Å². The van der Waals surface area contributed by atoms with Crippen molar-refractivity contribution >= 4 is 35.8 Å². The third kappa shape index (κ3) is 8.00. The molecule has 1 saturated heterocycles. The maximum Gasteiger partial charge on any atom is 0.242 e. The number of guanidine groups is 1. The fraction of sp³-hybridized carbons (Fsp3) is 0.882. The van der Waals surface area contributed by atoms with Crippen molar-refractivity contribution in [3.8, 4) is 0 Å². The molecule has 1 heterocycles. The van der Waals surface area contributed by atoms with Gasteiger partial charge in [0, 0.05) is 39.8 Å². The lowest BCUT2D eigenvalue weighted by Crippen LogP contribution is -2.46. The zero-order valence-electron chi connectivity index (χ0n) is 16.0. The van der Waals surface area contributed by atoms with Crippen LogP contribution in [-0.2, 0) is 4.79 Å². The Morgan fingerprint density at radius 2 is 1.96 bits per heavy atom. The number of carbonyl (C=O) groups excluding carboxylic acids is 1. The van der Waals surface area contributed by atoms with E-state index in [0.717, 1.165) is 38.7 Å². The Morgan fingerprint density at radius 3 is 2.50 bits per heavy atom. The number of hydrogen-bond donors (Lipinski definition) is 1. The third-order valence-corrected chi connectivity index (χ3v) is 4.41. The molecule has 1 atom stereocenters. The number of likely N-dealkylation sites (tertiary alicyclic amines) is 1. The number of piperidine rings is 1. The van der Waals surface area contributed by atoms with Gasteiger partial charge in [0.25, 0.3) is 0 Å². The van der Waals surface area contributed by atoms with E-state index in [1.165, 1.54) is 19.4 Å². The molecule has 1 aliphatic rings. The average Bonchev–Trinajstić information content (AvgIpc) is 2.52. The number of hydrogen-bond acceptors (Lipinski definition) is 3. The molecule has 24 heavy (non-hydrogen) atoms. The van der Waals surface area contributed by atoms with Crippen LogP contribution in [0.4, 0.5) is 0 Å². The molecule has 1 N–H and O–H groups in total. The van der Waals surface area contributed by atoms with E-state index >= 15 is 0 Å². The Balaban J connectivity index is 0.00000529. The quantitative estimate of drug-likeness (QED) is 0.363. The first-order valence-corrected chi connectivity index (χ1v) is 8.97. The Bertz CT molecular complexity index is 387. The van der Waals surface area contributed by atoms with Crippen LogP contribution in [0.5, 0.6) is 0 Å².